The van der Waals surface area contributed by atoms with Crippen LogP contribution in [0.5, 0.6) is 0 Å². The lowest BCUT2D eigenvalue weighted by atomic mass is 10.1. The van der Waals surface area contributed by atoms with Crippen molar-refractivity contribution < 1.29 is 4.79 Å². The first-order valence-electron chi connectivity index (χ1n) is 4.85. The first kappa shape index (κ1) is 12.0. The van der Waals surface area contributed by atoms with E-state index in [2.05, 4.69) is 5.32 Å². The van der Waals surface area contributed by atoms with Crippen LogP contribution >= 0.6 is 12.4 Å². The molecule has 1 aliphatic rings. The summed E-state index contributed by atoms with van der Waals surface area (Å²) in [6.45, 7) is 0.957. The monoisotopic (exact) mass is 226 g/mol. The standard InChI is InChI=1S/C11H14N2O.ClH/c1-13(9-5-3-2-4-6-9)11(14)10-7-8-12-10;/h2-6,10,12H,7-8H2,1H3;1H/t10-;/m1./s1. The van der Waals surface area contributed by atoms with Crippen molar-refractivity contribution >= 4 is 24.0 Å². The first-order valence-corrected chi connectivity index (χ1v) is 4.85. The number of carbonyl (C=O) groups is 1. The zero-order valence-electron chi connectivity index (χ0n) is 8.64. The van der Waals surface area contributed by atoms with Crippen molar-refractivity contribution in [1.82, 2.24) is 5.32 Å². The summed E-state index contributed by atoms with van der Waals surface area (Å²) < 4.78 is 0. The lowest BCUT2D eigenvalue weighted by molar-refractivity contribution is -0.121. The molecule has 0 radical (unpaired) electrons. The number of halogens is 1. The Morgan fingerprint density at radius 1 is 1.40 bits per heavy atom. The smallest absolute Gasteiger partial charge is 0.243 e. The van der Waals surface area contributed by atoms with Crippen molar-refractivity contribution in [3.63, 3.8) is 0 Å². The second-order valence-electron chi connectivity index (χ2n) is 3.53. The van der Waals surface area contributed by atoms with E-state index in [-0.39, 0.29) is 24.4 Å². The minimum Gasteiger partial charge on any atom is -0.314 e. The molecule has 3 nitrogen and oxygen atoms in total. The number of hydrogen-bond acceptors (Lipinski definition) is 2. The SMILES string of the molecule is CN(C(=O)[C@H]1CCN1)c1ccccc1.Cl. The van der Waals surface area contributed by atoms with Crippen LogP contribution < -0.4 is 10.2 Å². The van der Waals surface area contributed by atoms with E-state index in [0.29, 0.717) is 0 Å². The van der Waals surface area contributed by atoms with Crippen LogP contribution in [0.2, 0.25) is 0 Å². The molecule has 1 heterocycles. The number of likely N-dealkylation sites (N-methyl/N-ethyl adjacent to an activating group) is 1. The predicted octanol–water partition coefficient (Wildman–Crippen LogP) is 1.43. The van der Waals surface area contributed by atoms with Gasteiger partial charge < -0.3 is 10.2 Å². The van der Waals surface area contributed by atoms with Crippen molar-refractivity contribution in [2.45, 2.75) is 12.5 Å². The van der Waals surface area contributed by atoms with E-state index in [1.54, 1.807) is 4.90 Å². The number of rotatable bonds is 2. The Morgan fingerprint density at radius 3 is 2.47 bits per heavy atom. The third-order valence-electron chi connectivity index (χ3n) is 2.60. The van der Waals surface area contributed by atoms with Crippen LogP contribution in [-0.4, -0.2) is 25.5 Å². The second-order valence-corrected chi connectivity index (χ2v) is 3.53. The number of carbonyl (C=O) groups excluding carboxylic acids is 1. The molecule has 1 saturated heterocycles. The average molecular weight is 227 g/mol. The maximum atomic E-state index is 11.8. The Labute approximate surface area is 95.9 Å². The molecular formula is C11H15ClN2O. The van der Waals surface area contributed by atoms with Gasteiger partial charge in [-0.2, -0.15) is 0 Å². The Balaban J connectivity index is 0.00000112. The van der Waals surface area contributed by atoms with Crippen molar-refractivity contribution in [3.05, 3.63) is 30.3 Å². The van der Waals surface area contributed by atoms with E-state index < -0.39 is 0 Å². The minimum atomic E-state index is 0. The lowest BCUT2D eigenvalue weighted by Crippen LogP contribution is -2.53. The summed E-state index contributed by atoms with van der Waals surface area (Å²) in [5.41, 5.74) is 0.950. The molecular weight excluding hydrogens is 212 g/mol. The largest absolute Gasteiger partial charge is 0.314 e. The quantitative estimate of drug-likeness (QED) is 0.828. The molecule has 0 saturated carbocycles. The molecule has 0 spiro atoms. The molecule has 82 valence electrons. The Kier molecular flexibility index (Phi) is 4.12. The fourth-order valence-electron chi connectivity index (χ4n) is 1.51. The third-order valence-corrected chi connectivity index (χ3v) is 2.60. The van der Waals surface area contributed by atoms with E-state index >= 15 is 0 Å². The van der Waals surface area contributed by atoms with Crippen LogP contribution in [0.3, 0.4) is 0 Å². The molecule has 1 fully saturated rings. The molecule has 1 aromatic carbocycles. The van der Waals surface area contributed by atoms with Crippen molar-refractivity contribution in [2.24, 2.45) is 0 Å². The highest BCUT2D eigenvalue weighted by molar-refractivity contribution is 5.97. The zero-order chi connectivity index (χ0) is 9.97. The van der Waals surface area contributed by atoms with Crippen molar-refractivity contribution in [3.8, 4) is 0 Å². The summed E-state index contributed by atoms with van der Waals surface area (Å²) in [6, 6.07) is 9.73. The molecule has 1 N–H and O–H groups in total. The molecule has 1 amide bonds. The van der Waals surface area contributed by atoms with Gasteiger partial charge in [0.25, 0.3) is 0 Å². The van der Waals surface area contributed by atoms with Crippen LogP contribution in [0.25, 0.3) is 0 Å². The molecule has 1 aliphatic heterocycles. The zero-order valence-corrected chi connectivity index (χ0v) is 9.46. The number of anilines is 1. The average Bonchev–Trinajstić information content (AvgIpc) is 2.15. The Bertz CT molecular complexity index is 325. The number of hydrogen-bond donors (Lipinski definition) is 1. The van der Waals surface area contributed by atoms with E-state index in [1.165, 1.54) is 0 Å². The van der Waals surface area contributed by atoms with E-state index in [9.17, 15) is 4.79 Å². The molecule has 1 aromatic rings. The molecule has 2 rings (SSSR count). The highest BCUT2D eigenvalue weighted by Gasteiger charge is 2.27. The van der Waals surface area contributed by atoms with Gasteiger partial charge in [0.05, 0.1) is 6.04 Å². The molecule has 15 heavy (non-hydrogen) atoms. The molecule has 0 bridgehead atoms. The number of para-hydroxylation sites is 1. The Hall–Kier alpha value is -1.06. The predicted molar refractivity (Wildman–Crippen MR) is 63.5 cm³/mol. The third kappa shape index (κ3) is 2.49. The first-order chi connectivity index (χ1) is 6.79. The second kappa shape index (κ2) is 5.14. The lowest BCUT2D eigenvalue weighted by Gasteiger charge is -2.30. The van der Waals surface area contributed by atoms with Gasteiger partial charge >= 0.3 is 0 Å². The number of benzene rings is 1. The van der Waals surface area contributed by atoms with E-state index in [1.807, 2.05) is 37.4 Å². The molecule has 4 heteroatoms. The highest BCUT2D eigenvalue weighted by Crippen LogP contribution is 2.14. The number of nitrogens with zero attached hydrogens (tertiary/aromatic N) is 1. The van der Waals surface area contributed by atoms with Gasteiger partial charge in [-0.25, -0.2) is 0 Å². The van der Waals surface area contributed by atoms with Gasteiger partial charge in [-0.3, -0.25) is 4.79 Å². The van der Waals surface area contributed by atoms with Crippen LogP contribution in [0.4, 0.5) is 5.69 Å². The minimum absolute atomic E-state index is 0. The summed E-state index contributed by atoms with van der Waals surface area (Å²) in [5, 5.41) is 3.10. The van der Waals surface area contributed by atoms with Crippen molar-refractivity contribution in [2.75, 3.05) is 18.5 Å². The van der Waals surface area contributed by atoms with Crippen molar-refractivity contribution in [1.29, 1.82) is 0 Å². The summed E-state index contributed by atoms with van der Waals surface area (Å²) >= 11 is 0. The summed E-state index contributed by atoms with van der Waals surface area (Å²) in [4.78, 5) is 13.5. The van der Waals surface area contributed by atoms with Crippen LogP contribution in [0.15, 0.2) is 30.3 Å². The highest BCUT2D eigenvalue weighted by atomic mass is 35.5. The summed E-state index contributed by atoms with van der Waals surface area (Å²) in [5.74, 6) is 0.155. The molecule has 0 aliphatic carbocycles. The fourth-order valence-corrected chi connectivity index (χ4v) is 1.51. The molecule has 1 atom stereocenters. The fraction of sp³-hybridized carbons (Fsp3) is 0.364. The summed E-state index contributed by atoms with van der Waals surface area (Å²) in [7, 11) is 1.82. The maximum Gasteiger partial charge on any atom is 0.243 e. The van der Waals surface area contributed by atoms with Crippen LogP contribution in [-0.2, 0) is 4.79 Å². The topological polar surface area (TPSA) is 32.3 Å². The number of nitrogens with one attached hydrogen (secondary N) is 1. The van der Waals surface area contributed by atoms with Gasteiger partial charge in [-0.15, -0.1) is 12.4 Å². The molecule has 0 aromatic heterocycles. The normalized spacial score (nSPS) is 18.6. The Morgan fingerprint density at radius 2 is 2.00 bits per heavy atom. The van der Waals surface area contributed by atoms with Crippen LogP contribution in [0, 0.1) is 0 Å². The van der Waals surface area contributed by atoms with Gasteiger partial charge in [-0.1, -0.05) is 18.2 Å². The van der Waals surface area contributed by atoms with Gasteiger partial charge in [0.15, 0.2) is 0 Å². The van der Waals surface area contributed by atoms with Gasteiger partial charge in [0.1, 0.15) is 0 Å². The van der Waals surface area contributed by atoms with Crippen LogP contribution in [0.1, 0.15) is 6.42 Å². The van der Waals surface area contributed by atoms with Gasteiger partial charge in [0, 0.05) is 12.7 Å². The van der Waals surface area contributed by atoms with Gasteiger partial charge in [-0.05, 0) is 25.1 Å². The van der Waals surface area contributed by atoms with E-state index in [0.717, 1.165) is 18.7 Å². The van der Waals surface area contributed by atoms with Gasteiger partial charge in [0.2, 0.25) is 5.91 Å². The molecule has 0 unspecified atom stereocenters. The van der Waals surface area contributed by atoms with E-state index in [4.69, 9.17) is 0 Å². The summed E-state index contributed by atoms with van der Waals surface area (Å²) in [6.07, 6.45) is 0.954. The maximum absolute atomic E-state index is 11.8. The number of amides is 1.